The first kappa shape index (κ1) is 17.3. The van der Waals surface area contributed by atoms with Crippen LogP contribution in [0.15, 0.2) is 18.2 Å². The molecule has 0 aliphatic heterocycles. The lowest BCUT2D eigenvalue weighted by atomic mass is 10.2. The van der Waals surface area contributed by atoms with E-state index in [0.29, 0.717) is 18.0 Å². The van der Waals surface area contributed by atoms with Gasteiger partial charge in [0.05, 0.1) is 7.11 Å². The Balaban J connectivity index is 2.18. The molecule has 0 heterocycles. The zero-order valence-corrected chi connectivity index (χ0v) is 13.1. The van der Waals surface area contributed by atoms with Crippen LogP contribution in [0.4, 0.5) is 10.5 Å². The second-order valence-corrected chi connectivity index (χ2v) is 5.16. The van der Waals surface area contributed by atoms with Gasteiger partial charge >= 0.3 is 12.0 Å². The zero-order chi connectivity index (χ0) is 15.7. The Bertz CT molecular complexity index is 492. The molecule has 0 aliphatic carbocycles. The summed E-state index contributed by atoms with van der Waals surface area (Å²) in [5.74, 6) is -0.195. The fourth-order valence-electron chi connectivity index (χ4n) is 1.81. The number of esters is 1. The molecule has 0 aromatic heterocycles. The van der Waals surface area contributed by atoms with Crippen LogP contribution in [0.1, 0.15) is 31.2 Å². The number of hydrogen-bond donors (Lipinski definition) is 2. The van der Waals surface area contributed by atoms with E-state index >= 15 is 0 Å². The maximum Gasteiger partial charge on any atom is 0.319 e. The number of aryl methyl sites for hydroxylation is 1. The Morgan fingerprint density at radius 1 is 1.24 bits per heavy atom. The largest absolute Gasteiger partial charge is 0.469 e. The number of benzene rings is 1. The van der Waals surface area contributed by atoms with Crippen molar-refractivity contribution in [1.29, 1.82) is 0 Å². The summed E-state index contributed by atoms with van der Waals surface area (Å²) in [6, 6.07) is 5.06. The van der Waals surface area contributed by atoms with Crippen LogP contribution in [-0.4, -0.2) is 25.7 Å². The number of hydrogen-bond acceptors (Lipinski definition) is 3. The molecule has 0 aliphatic rings. The van der Waals surface area contributed by atoms with Crippen molar-refractivity contribution in [1.82, 2.24) is 5.32 Å². The molecule has 0 radical (unpaired) electrons. The van der Waals surface area contributed by atoms with E-state index in [1.165, 1.54) is 7.11 Å². The summed E-state index contributed by atoms with van der Waals surface area (Å²) < 4.78 is 4.55. The van der Waals surface area contributed by atoms with Gasteiger partial charge < -0.3 is 15.4 Å². The number of rotatable bonds is 7. The first-order valence-electron chi connectivity index (χ1n) is 6.90. The fourth-order valence-corrected chi connectivity index (χ4v) is 2.04. The van der Waals surface area contributed by atoms with E-state index in [4.69, 9.17) is 11.6 Å². The Morgan fingerprint density at radius 2 is 2.00 bits per heavy atom. The Hall–Kier alpha value is -1.75. The highest BCUT2D eigenvalue weighted by Gasteiger charge is 2.04. The van der Waals surface area contributed by atoms with Gasteiger partial charge in [0.25, 0.3) is 0 Å². The van der Waals surface area contributed by atoms with Gasteiger partial charge in [0.15, 0.2) is 0 Å². The molecule has 116 valence electrons. The van der Waals surface area contributed by atoms with Crippen LogP contribution in [0.2, 0.25) is 5.02 Å². The van der Waals surface area contributed by atoms with Crippen LogP contribution < -0.4 is 10.6 Å². The molecule has 0 saturated heterocycles. The van der Waals surface area contributed by atoms with E-state index in [-0.39, 0.29) is 12.0 Å². The highest BCUT2D eigenvalue weighted by Crippen LogP contribution is 2.19. The number of methoxy groups -OCH3 is 1. The van der Waals surface area contributed by atoms with Crippen molar-refractivity contribution in [3.63, 3.8) is 0 Å². The summed E-state index contributed by atoms with van der Waals surface area (Å²) in [6.07, 6.45) is 2.89. The summed E-state index contributed by atoms with van der Waals surface area (Å²) in [4.78, 5) is 22.6. The average Bonchev–Trinajstić information content (AvgIpc) is 2.45. The number of unbranched alkanes of at least 4 members (excludes halogenated alkanes) is 2. The zero-order valence-electron chi connectivity index (χ0n) is 12.4. The third-order valence-corrected chi connectivity index (χ3v) is 3.24. The highest BCUT2D eigenvalue weighted by atomic mass is 35.5. The minimum atomic E-state index is -0.242. The van der Waals surface area contributed by atoms with E-state index in [9.17, 15) is 9.59 Å². The van der Waals surface area contributed by atoms with E-state index in [0.717, 1.165) is 30.5 Å². The number of amides is 2. The van der Waals surface area contributed by atoms with Gasteiger partial charge in [-0.1, -0.05) is 18.0 Å². The first-order valence-corrected chi connectivity index (χ1v) is 7.28. The molecule has 0 spiro atoms. The monoisotopic (exact) mass is 312 g/mol. The Kier molecular flexibility index (Phi) is 7.61. The fraction of sp³-hybridized carbons (Fsp3) is 0.467. The number of urea groups is 1. The lowest BCUT2D eigenvalue weighted by Gasteiger charge is -2.10. The van der Waals surface area contributed by atoms with Crippen molar-refractivity contribution in [2.45, 2.75) is 32.6 Å². The second-order valence-electron chi connectivity index (χ2n) is 4.73. The molecule has 0 fully saturated rings. The number of nitrogens with one attached hydrogen (secondary N) is 2. The van der Waals surface area contributed by atoms with Crippen molar-refractivity contribution in [2.75, 3.05) is 19.0 Å². The molecule has 6 heteroatoms. The number of halogens is 1. The molecule has 0 saturated carbocycles. The van der Waals surface area contributed by atoms with Gasteiger partial charge in [-0.3, -0.25) is 4.79 Å². The highest BCUT2D eigenvalue weighted by molar-refractivity contribution is 6.30. The molecule has 1 aromatic carbocycles. The van der Waals surface area contributed by atoms with E-state index in [2.05, 4.69) is 15.4 Å². The average molecular weight is 313 g/mol. The van der Waals surface area contributed by atoms with Gasteiger partial charge in [-0.25, -0.2) is 4.79 Å². The van der Waals surface area contributed by atoms with Crippen LogP contribution >= 0.6 is 11.6 Å². The maximum atomic E-state index is 11.7. The van der Waals surface area contributed by atoms with Gasteiger partial charge in [0, 0.05) is 23.7 Å². The van der Waals surface area contributed by atoms with Crippen LogP contribution in [0, 0.1) is 6.92 Å². The maximum absolute atomic E-state index is 11.7. The van der Waals surface area contributed by atoms with E-state index < -0.39 is 0 Å². The predicted molar refractivity (Wildman–Crippen MR) is 83.7 cm³/mol. The summed E-state index contributed by atoms with van der Waals surface area (Å²) in [5.41, 5.74) is 1.65. The third-order valence-electron chi connectivity index (χ3n) is 3.01. The van der Waals surface area contributed by atoms with Gasteiger partial charge in [-0.2, -0.15) is 0 Å². The lowest BCUT2D eigenvalue weighted by molar-refractivity contribution is -0.140. The standard InChI is InChI=1S/C15H21ClN2O3/c1-11-10-12(16)7-8-13(11)18-15(20)17-9-5-3-4-6-14(19)21-2/h7-8,10H,3-6,9H2,1-2H3,(H2,17,18,20). The Morgan fingerprint density at radius 3 is 2.67 bits per heavy atom. The second kappa shape index (κ2) is 9.23. The summed E-state index contributed by atoms with van der Waals surface area (Å²) in [5, 5.41) is 6.19. The molecule has 5 nitrogen and oxygen atoms in total. The van der Waals surface area contributed by atoms with Crippen LogP contribution in [-0.2, 0) is 9.53 Å². The summed E-state index contributed by atoms with van der Waals surface area (Å²) in [7, 11) is 1.38. The summed E-state index contributed by atoms with van der Waals surface area (Å²) >= 11 is 5.86. The SMILES string of the molecule is COC(=O)CCCCCNC(=O)Nc1ccc(Cl)cc1C. The summed E-state index contributed by atoms with van der Waals surface area (Å²) in [6.45, 7) is 2.45. The predicted octanol–water partition coefficient (Wildman–Crippen LogP) is 3.50. The van der Waals surface area contributed by atoms with Gasteiger partial charge in [0.2, 0.25) is 0 Å². The molecule has 2 N–H and O–H groups in total. The molecule has 1 aromatic rings. The molecule has 1 rings (SSSR count). The van der Waals surface area contributed by atoms with Crippen molar-refractivity contribution in [3.05, 3.63) is 28.8 Å². The molecule has 2 amide bonds. The molecule has 0 bridgehead atoms. The molecule has 0 unspecified atom stereocenters. The normalized spacial score (nSPS) is 10.0. The molecule has 21 heavy (non-hydrogen) atoms. The van der Waals surface area contributed by atoms with Crippen LogP contribution in [0.25, 0.3) is 0 Å². The lowest BCUT2D eigenvalue weighted by Crippen LogP contribution is -2.29. The number of ether oxygens (including phenoxy) is 1. The minimum absolute atomic E-state index is 0.195. The van der Waals surface area contributed by atoms with Crippen LogP contribution in [0.3, 0.4) is 0 Å². The molecule has 0 atom stereocenters. The molecular weight excluding hydrogens is 292 g/mol. The van der Waals surface area contributed by atoms with Crippen molar-refractivity contribution < 1.29 is 14.3 Å². The van der Waals surface area contributed by atoms with Gasteiger partial charge in [0.1, 0.15) is 0 Å². The Labute approximate surface area is 130 Å². The minimum Gasteiger partial charge on any atom is -0.469 e. The first-order chi connectivity index (χ1) is 10.0. The quantitative estimate of drug-likeness (QED) is 0.598. The smallest absolute Gasteiger partial charge is 0.319 e. The van der Waals surface area contributed by atoms with Crippen LogP contribution in [0.5, 0.6) is 0 Å². The van der Waals surface area contributed by atoms with E-state index in [1.807, 2.05) is 6.92 Å². The number of anilines is 1. The topological polar surface area (TPSA) is 67.4 Å². The molecular formula is C15H21ClN2O3. The van der Waals surface area contributed by atoms with Gasteiger partial charge in [-0.05, 0) is 43.5 Å². The number of carbonyl (C=O) groups is 2. The number of carbonyl (C=O) groups excluding carboxylic acids is 2. The van der Waals surface area contributed by atoms with Crippen molar-refractivity contribution in [3.8, 4) is 0 Å². The van der Waals surface area contributed by atoms with Gasteiger partial charge in [-0.15, -0.1) is 0 Å². The van der Waals surface area contributed by atoms with Crippen molar-refractivity contribution >= 4 is 29.3 Å². The van der Waals surface area contributed by atoms with E-state index in [1.54, 1.807) is 18.2 Å². The third kappa shape index (κ3) is 6.99. The van der Waals surface area contributed by atoms with Crippen molar-refractivity contribution in [2.24, 2.45) is 0 Å².